The smallest absolute Gasteiger partial charge is 0.207 e. The molecule has 0 aliphatic carbocycles. The Morgan fingerprint density at radius 2 is 2.07 bits per heavy atom. The van der Waals surface area contributed by atoms with Gasteiger partial charge in [-0.3, -0.25) is 0 Å². The molecule has 0 fully saturated rings. The number of thiophene rings is 1. The van der Waals surface area contributed by atoms with Gasteiger partial charge < -0.3 is 0 Å². The van der Waals surface area contributed by atoms with Crippen LogP contribution < -0.4 is 0 Å². The molecule has 0 N–H and O–H groups in total. The van der Waals surface area contributed by atoms with E-state index >= 15 is 0 Å². The van der Waals surface area contributed by atoms with E-state index in [1.54, 1.807) is 0 Å². The van der Waals surface area contributed by atoms with E-state index in [4.69, 9.17) is 11.6 Å². The van der Waals surface area contributed by atoms with Crippen molar-refractivity contribution in [3.05, 3.63) is 20.3 Å². The second kappa shape index (κ2) is 4.68. The molecule has 0 saturated heterocycles. The lowest BCUT2D eigenvalue weighted by molar-refractivity contribution is -0.0336. The first-order valence-electron chi connectivity index (χ1n) is 4.51. The van der Waals surface area contributed by atoms with Gasteiger partial charge in [-0.2, -0.15) is 0 Å². The summed E-state index contributed by atoms with van der Waals surface area (Å²) in [5.41, 5.74) is 1.03. The second-order valence-electron chi connectivity index (χ2n) is 3.75. The topological polar surface area (TPSA) is 0 Å². The molecule has 5 heteroatoms. The second-order valence-corrected chi connectivity index (χ2v) is 6.62. The highest BCUT2D eigenvalue weighted by molar-refractivity contribution is 9.11. The van der Waals surface area contributed by atoms with Crippen LogP contribution in [0, 0.1) is 12.8 Å². The van der Waals surface area contributed by atoms with Gasteiger partial charge in [0.1, 0.15) is 0 Å². The zero-order chi connectivity index (χ0) is 11.8. The van der Waals surface area contributed by atoms with Crippen LogP contribution in [0.4, 0.5) is 8.78 Å². The molecule has 0 bridgehead atoms. The number of alkyl halides is 3. The average Bonchev–Trinajstić information content (AvgIpc) is 2.43. The van der Waals surface area contributed by atoms with E-state index in [-0.39, 0.29) is 0 Å². The van der Waals surface area contributed by atoms with E-state index in [1.165, 1.54) is 18.3 Å². The monoisotopic (exact) mass is 316 g/mol. The van der Waals surface area contributed by atoms with Crippen molar-refractivity contribution in [1.29, 1.82) is 0 Å². The molecule has 0 aromatic carbocycles. The van der Waals surface area contributed by atoms with E-state index in [0.29, 0.717) is 0 Å². The highest BCUT2D eigenvalue weighted by Crippen LogP contribution is 2.43. The maximum Gasteiger partial charge on any atom is 0.249 e. The zero-order valence-corrected chi connectivity index (χ0v) is 11.8. The first-order valence-corrected chi connectivity index (χ1v) is 6.55. The zero-order valence-electron chi connectivity index (χ0n) is 8.65. The van der Waals surface area contributed by atoms with E-state index in [1.807, 2.05) is 13.0 Å². The van der Waals surface area contributed by atoms with E-state index < -0.39 is 17.2 Å². The average molecular weight is 318 g/mol. The number of aryl methyl sites for hydroxylation is 1. The van der Waals surface area contributed by atoms with E-state index in [9.17, 15) is 8.78 Å². The molecule has 0 radical (unpaired) electrons. The number of hydrogen-bond donors (Lipinski definition) is 0. The number of rotatable bonds is 3. The lowest BCUT2D eigenvalue weighted by atomic mass is 9.99. The van der Waals surface area contributed by atoms with Crippen molar-refractivity contribution in [3.8, 4) is 0 Å². The molecule has 0 amide bonds. The van der Waals surface area contributed by atoms with Gasteiger partial charge >= 0.3 is 0 Å². The van der Waals surface area contributed by atoms with Crippen LogP contribution in [-0.4, -0.2) is 5.92 Å². The Hall–Kier alpha value is 0.330. The summed E-state index contributed by atoms with van der Waals surface area (Å²) in [5, 5.41) is -0.639. The van der Waals surface area contributed by atoms with Crippen LogP contribution in [0.3, 0.4) is 0 Å². The first-order chi connectivity index (χ1) is 6.73. The SMILES string of the molecule is Cc1cc(C(Cl)C(C)C(C)(F)F)sc1Br. The van der Waals surface area contributed by atoms with Crippen molar-refractivity contribution < 1.29 is 8.78 Å². The fraction of sp³-hybridized carbons (Fsp3) is 0.600. The number of halogens is 4. The van der Waals surface area contributed by atoms with Gasteiger partial charge in [0.2, 0.25) is 5.92 Å². The van der Waals surface area contributed by atoms with Gasteiger partial charge in [-0.25, -0.2) is 8.78 Å². The molecule has 0 saturated carbocycles. The predicted molar refractivity (Wildman–Crippen MR) is 65.1 cm³/mol. The van der Waals surface area contributed by atoms with Crippen molar-refractivity contribution in [2.24, 2.45) is 5.92 Å². The Morgan fingerprint density at radius 1 is 1.53 bits per heavy atom. The third-order valence-corrected chi connectivity index (χ3v) is 5.35. The highest BCUT2D eigenvalue weighted by atomic mass is 79.9. The Labute approximate surface area is 106 Å². The summed E-state index contributed by atoms with van der Waals surface area (Å²) in [6.45, 7) is 4.30. The molecule has 2 atom stereocenters. The van der Waals surface area contributed by atoms with Gasteiger partial charge in [-0.15, -0.1) is 22.9 Å². The standard InChI is InChI=1S/C10H12BrClF2S/c1-5-4-7(15-9(5)11)8(12)6(2)10(3,13)14/h4,6,8H,1-3H3. The van der Waals surface area contributed by atoms with E-state index in [0.717, 1.165) is 21.2 Å². The summed E-state index contributed by atoms with van der Waals surface area (Å²) >= 11 is 10.8. The summed E-state index contributed by atoms with van der Waals surface area (Å²) < 4.78 is 27.1. The van der Waals surface area contributed by atoms with Crippen LogP contribution in [0.25, 0.3) is 0 Å². The van der Waals surface area contributed by atoms with Crippen LogP contribution in [0.2, 0.25) is 0 Å². The summed E-state index contributed by atoms with van der Waals surface area (Å²) in [4.78, 5) is 0.787. The summed E-state index contributed by atoms with van der Waals surface area (Å²) in [5.74, 6) is -3.62. The summed E-state index contributed by atoms with van der Waals surface area (Å²) in [7, 11) is 0. The van der Waals surface area contributed by atoms with Gasteiger partial charge in [0.15, 0.2) is 0 Å². The predicted octanol–water partition coefficient (Wildman–Crippen LogP) is 5.39. The normalized spacial score (nSPS) is 16.5. The molecular formula is C10H12BrClF2S. The first kappa shape index (κ1) is 13.4. The third kappa shape index (κ3) is 3.14. The molecule has 0 spiro atoms. The van der Waals surface area contributed by atoms with Crippen LogP contribution in [-0.2, 0) is 0 Å². The minimum absolute atomic E-state index is 0.639. The molecular weight excluding hydrogens is 306 g/mol. The van der Waals surface area contributed by atoms with Gasteiger partial charge in [0.05, 0.1) is 9.16 Å². The Kier molecular flexibility index (Phi) is 4.18. The Bertz CT molecular complexity index is 326. The Morgan fingerprint density at radius 3 is 2.40 bits per heavy atom. The van der Waals surface area contributed by atoms with Crippen LogP contribution in [0.15, 0.2) is 9.85 Å². The fourth-order valence-corrected chi connectivity index (χ4v) is 3.20. The summed E-state index contributed by atoms with van der Waals surface area (Å²) in [6, 6.07) is 1.86. The van der Waals surface area contributed by atoms with Crippen molar-refractivity contribution in [2.45, 2.75) is 32.1 Å². The molecule has 1 aromatic rings. The molecule has 1 heterocycles. The quantitative estimate of drug-likeness (QED) is 0.656. The molecule has 0 aliphatic rings. The van der Waals surface area contributed by atoms with Crippen LogP contribution >= 0.6 is 38.9 Å². The van der Waals surface area contributed by atoms with Gasteiger partial charge in [-0.05, 0) is 41.4 Å². The molecule has 1 rings (SSSR count). The maximum absolute atomic E-state index is 13.1. The molecule has 2 unspecified atom stereocenters. The van der Waals surface area contributed by atoms with Crippen molar-refractivity contribution in [1.82, 2.24) is 0 Å². The minimum Gasteiger partial charge on any atom is -0.207 e. The van der Waals surface area contributed by atoms with Gasteiger partial charge in [0.25, 0.3) is 0 Å². The fourth-order valence-electron chi connectivity index (χ4n) is 1.12. The number of hydrogen-bond acceptors (Lipinski definition) is 1. The third-order valence-electron chi connectivity index (χ3n) is 2.39. The summed E-state index contributed by atoms with van der Waals surface area (Å²) in [6.07, 6.45) is 0. The molecule has 0 nitrogen and oxygen atoms in total. The molecule has 1 aromatic heterocycles. The molecule has 0 aliphatic heterocycles. The Balaban J connectivity index is 2.90. The highest BCUT2D eigenvalue weighted by Gasteiger charge is 2.36. The van der Waals surface area contributed by atoms with Gasteiger partial charge in [0, 0.05) is 10.8 Å². The minimum atomic E-state index is -2.75. The van der Waals surface area contributed by atoms with Crippen molar-refractivity contribution in [2.75, 3.05) is 0 Å². The van der Waals surface area contributed by atoms with Crippen molar-refractivity contribution >= 4 is 38.9 Å². The maximum atomic E-state index is 13.1. The van der Waals surface area contributed by atoms with E-state index in [2.05, 4.69) is 15.9 Å². The largest absolute Gasteiger partial charge is 0.249 e. The molecule has 15 heavy (non-hydrogen) atoms. The lowest BCUT2D eigenvalue weighted by Gasteiger charge is -2.23. The van der Waals surface area contributed by atoms with Gasteiger partial charge in [-0.1, -0.05) is 6.92 Å². The van der Waals surface area contributed by atoms with Crippen LogP contribution in [0.1, 0.15) is 29.7 Å². The lowest BCUT2D eigenvalue weighted by Crippen LogP contribution is -2.24. The van der Waals surface area contributed by atoms with Crippen LogP contribution in [0.5, 0.6) is 0 Å². The van der Waals surface area contributed by atoms with Crippen molar-refractivity contribution in [3.63, 3.8) is 0 Å². The molecule has 86 valence electrons.